The topological polar surface area (TPSA) is 99.9 Å². The number of ether oxygens (including phenoxy) is 1. The van der Waals surface area contributed by atoms with Gasteiger partial charge in [0.25, 0.3) is 5.56 Å². The molecule has 3 N–H and O–H groups in total. The molecule has 7 heteroatoms. The first-order valence-electron chi connectivity index (χ1n) is 4.58. The molecule has 1 aromatic rings. The van der Waals surface area contributed by atoms with Crippen LogP contribution in [0.15, 0.2) is 9.59 Å². The molecule has 0 radical (unpaired) electrons. The van der Waals surface area contributed by atoms with Gasteiger partial charge in [0.15, 0.2) is 0 Å². The number of hydrogen-bond acceptors (Lipinski definition) is 5. The number of H-pyrrole nitrogens is 2. The maximum atomic E-state index is 11.2. The minimum absolute atomic E-state index is 0.0458. The van der Waals surface area contributed by atoms with E-state index in [2.05, 4.69) is 20.5 Å². The Kier molecular flexibility index (Phi) is 4.04. The summed E-state index contributed by atoms with van der Waals surface area (Å²) in [5.74, 6) is 0.109. The van der Waals surface area contributed by atoms with Crippen molar-refractivity contribution in [2.45, 2.75) is 19.4 Å². The van der Waals surface area contributed by atoms with E-state index in [1.54, 1.807) is 7.11 Å². The van der Waals surface area contributed by atoms with E-state index in [9.17, 15) is 9.59 Å². The molecule has 0 aliphatic heterocycles. The van der Waals surface area contributed by atoms with Crippen LogP contribution in [0.4, 0.5) is 5.82 Å². The first-order valence-corrected chi connectivity index (χ1v) is 4.58. The standard InChI is InChI=1S/C8H14N4O3/c1-5(3-4-15-2)9-6-7(13)10-8(14)12-11-6/h5H,3-4H2,1-2H3,(H,9,11)(H2,10,12,13,14). The smallest absolute Gasteiger partial charge is 0.342 e. The highest BCUT2D eigenvalue weighted by atomic mass is 16.5. The molecule has 0 fully saturated rings. The molecule has 0 aromatic carbocycles. The number of rotatable bonds is 5. The van der Waals surface area contributed by atoms with Crippen LogP contribution in [-0.2, 0) is 4.74 Å². The average molecular weight is 214 g/mol. The van der Waals surface area contributed by atoms with E-state index in [4.69, 9.17) is 4.74 Å². The lowest BCUT2D eigenvalue weighted by Gasteiger charge is -2.12. The lowest BCUT2D eigenvalue weighted by Crippen LogP contribution is -2.30. The zero-order valence-corrected chi connectivity index (χ0v) is 8.66. The van der Waals surface area contributed by atoms with Crippen LogP contribution >= 0.6 is 0 Å². The van der Waals surface area contributed by atoms with E-state index in [0.29, 0.717) is 6.61 Å². The average Bonchev–Trinajstić information content (AvgIpc) is 2.19. The van der Waals surface area contributed by atoms with Crippen molar-refractivity contribution >= 4 is 5.82 Å². The van der Waals surface area contributed by atoms with Crippen molar-refractivity contribution in [1.82, 2.24) is 15.2 Å². The maximum Gasteiger partial charge on any atom is 0.342 e. The third-order valence-corrected chi connectivity index (χ3v) is 1.85. The van der Waals surface area contributed by atoms with Crippen molar-refractivity contribution < 1.29 is 4.74 Å². The molecule has 0 aliphatic carbocycles. The van der Waals surface area contributed by atoms with Crippen LogP contribution in [-0.4, -0.2) is 34.9 Å². The summed E-state index contributed by atoms with van der Waals surface area (Å²) >= 11 is 0. The molecule has 1 heterocycles. The van der Waals surface area contributed by atoms with Crippen LogP contribution in [0.3, 0.4) is 0 Å². The molecule has 84 valence electrons. The van der Waals surface area contributed by atoms with E-state index >= 15 is 0 Å². The second-order valence-corrected chi connectivity index (χ2v) is 3.18. The molecular weight excluding hydrogens is 200 g/mol. The summed E-state index contributed by atoms with van der Waals surface area (Å²) in [5.41, 5.74) is -1.14. The van der Waals surface area contributed by atoms with Gasteiger partial charge >= 0.3 is 5.69 Å². The third-order valence-electron chi connectivity index (χ3n) is 1.85. The zero-order chi connectivity index (χ0) is 11.3. The van der Waals surface area contributed by atoms with E-state index < -0.39 is 11.2 Å². The highest BCUT2D eigenvalue weighted by Crippen LogP contribution is 1.97. The summed E-state index contributed by atoms with van der Waals surface area (Å²) in [4.78, 5) is 24.0. The fourth-order valence-electron chi connectivity index (χ4n) is 1.05. The number of hydrogen-bond donors (Lipinski definition) is 3. The van der Waals surface area contributed by atoms with Gasteiger partial charge in [-0.1, -0.05) is 0 Å². The molecule has 0 amide bonds. The van der Waals surface area contributed by atoms with Crippen molar-refractivity contribution in [2.75, 3.05) is 19.0 Å². The largest absolute Gasteiger partial charge is 0.385 e. The molecule has 0 bridgehead atoms. The molecule has 0 aliphatic rings. The fourth-order valence-corrected chi connectivity index (χ4v) is 1.05. The van der Waals surface area contributed by atoms with Gasteiger partial charge in [-0.3, -0.25) is 9.78 Å². The minimum atomic E-state index is -0.616. The Balaban J connectivity index is 2.64. The molecule has 7 nitrogen and oxygen atoms in total. The monoisotopic (exact) mass is 214 g/mol. The summed E-state index contributed by atoms with van der Waals surface area (Å²) in [5, 5.41) is 8.61. The minimum Gasteiger partial charge on any atom is -0.385 e. The highest BCUT2D eigenvalue weighted by molar-refractivity contribution is 5.29. The summed E-state index contributed by atoms with van der Waals surface area (Å²) < 4.78 is 4.90. The number of aromatic nitrogens is 3. The van der Waals surface area contributed by atoms with E-state index in [0.717, 1.165) is 6.42 Å². The van der Waals surface area contributed by atoms with Crippen molar-refractivity contribution in [2.24, 2.45) is 0 Å². The van der Waals surface area contributed by atoms with E-state index in [1.165, 1.54) is 0 Å². The predicted molar refractivity (Wildman–Crippen MR) is 55.1 cm³/mol. The van der Waals surface area contributed by atoms with Crippen molar-refractivity contribution in [3.8, 4) is 0 Å². The Morgan fingerprint density at radius 1 is 1.53 bits per heavy atom. The van der Waals surface area contributed by atoms with Crippen LogP contribution < -0.4 is 16.6 Å². The predicted octanol–water partition coefficient (Wildman–Crippen LogP) is -0.705. The van der Waals surface area contributed by atoms with Crippen molar-refractivity contribution in [3.63, 3.8) is 0 Å². The molecule has 15 heavy (non-hydrogen) atoms. The lowest BCUT2D eigenvalue weighted by molar-refractivity contribution is 0.191. The van der Waals surface area contributed by atoms with Gasteiger partial charge in [-0.2, -0.15) is 0 Å². The van der Waals surface area contributed by atoms with Crippen LogP contribution in [0.25, 0.3) is 0 Å². The number of nitrogens with one attached hydrogen (secondary N) is 3. The number of methoxy groups -OCH3 is 1. The molecule has 1 aromatic heterocycles. The lowest BCUT2D eigenvalue weighted by atomic mass is 10.2. The fraction of sp³-hybridized carbons (Fsp3) is 0.625. The summed E-state index contributed by atoms with van der Waals surface area (Å²) in [6, 6.07) is 0.0458. The zero-order valence-electron chi connectivity index (χ0n) is 8.66. The Morgan fingerprint density at radius 2 is 2.27 bits per heavy atom. The normalized spacial score (nSPS) is 12.4. The van der Waals surface area contributed by atoms with Crippen LogP contribution in [0.5, 0.6) is 0 Å². The van der Waals surface area contributed by atoms with Gasteiger partial charge in [0.05, 0.1) is 0 Å². The number of nitrogens with zero attached hydrogens (tertiary/aromatic N) is 1. The Bertz CT molecular complexity index is 411. The number of aromatic amines is 2. The molecule has 0 spiro atoms. The second-order valence-electron chi connectivity index (χ2n) is 3.18. The second kappa shape index (κ2) is 5.30. The van der Waals surface area contributed by atoms with Crippen molar-refractivity contribution in [3.05, 3.63) is 20.8 Å². The first-order chi connectivity index (χ1) is 7.13. The summed E-state index contributed by atoms with van der Waals surface area (Å²) in [7, 11) is 1.61. The molecule has 1 atom stereocenters. The Morgan fingerprint density at radius 3 is 2.87 bits per heavy atom. The van der Waals surface area contributed by atoms with Crippen LogP contribution in [0.1, 0.15) is 13.3 Å². The molecule has 1 unspecified atom stereocenters. The van der Waals surface area contributed by atoms with Gasteiger partial charge in [0, 0.05) is 19.8 Å². The Hall–Kier alpha value is -1.63. The molecule has 1 rings (SSSR count). The van der Waals surface area contributed by atoms with Crippen molar-refractivity contribution in [1.29, 1.82) is 0 Å². The SMILES string of the molecule is COCCC(C)Nc1n[nH]c(=O)[nH]c1=O. The van der Waals surface area contributed by atoms with Gasteiger partial charge in [-0.05, 0) is 13.3 Å². The maximum absolute atomic E-state index is 11.2. The third kappa shape index (κ3) is 3.55. The first kappa shape index (κ1) is 11.4. The Labute approximate surface area is 85.9 Å². The molecule has 0 saturated carbocycles. The quantitative estimate of drug-likeness (QED) is 0.601. The van der Waals surface area contributed by atoms with Gasteiger partial charge in [0.1, 0.15) is 0 Å². The van der Waals surface area contributed by atoms with Gasteiger partial charge < -0.3 is 10.1 Å². The van der Waals surface area contributed by atoms with Gasteiger partial charge in [-0.25, -0.2) is 9.89 Å². The van der Waals surface area contributed by atoms with E-state index in [1.807, 2.05) is 6.92 Å². The number of anilines is 1. The van der Waals surface area contributed by atoms with Gasteiger partial charge in [0.2, 0.25) is 5.82 Å². The molecular formula is C8H14N4O3. The highest BCUT2D eigenvalue weighted by Gasteiger charge is 2.06. The van der Waals surface area contributed by atoms with Crippen LogP contribution in [0.2, 0.25) is 0 Å². The van der Waals surface area contributed by atoms with Crippen LogP contribution in [0, 0.1) is 0 Å². The summed E-state index contributed by atoms with van der Waals surface area (Å²) in [6.07, 6.45) is 0.747. The van der Waals surface area contributed by atoms with Gasteiger partial charge in [-0.15, -0.1) is 5.10 Å². The summed E-state index contributed by atoms with van der Waals surface area (Å²) in [6.45, 7) is 2.49. The van der Waals surface area contributed by atoms with E-state index in [-0.39, 0.29) is 11.9 Å². The molecule has 0 saturated heterocycles.